The molecule has 2 aromatic rings. The Bertz CT molecular complexity index is 918. The Morgan fingerprint density at radius 2 is 1.89 bits per heavy atom. The summed E-state index contributed by atoms with van der Waals surface area (Å²) in [7, 11) is -2.92. The molecule has 0 aliphatic carbocycles. The summed E-state index contributed by atoms with van der Waals surface area (Å²) in [5.74, 6) is -0.661. The minimum Gasteiger partial charge on any atom is -0.469 e. The number of sulfone groups is 1. The number of rotatable bonds is 6. The first-order valence-electron chi connectivity index (χ1n) is 7.65. The summed E-state index contributed by atoms with van der Waals surface area (Å²) in [6.07, 6.45) is -4.67. The van der Waals surface area contributed by atoms with E-state index in [4.69, 9.17) is 11.6 Å². The molecule has 0 radical (unpaired) electrons. The van der Waals surface area contributed by atoms with Crippen molar-refractivity contribution in [3.63, 3.8) is 0 Å². The molecule has 1 aromatic carbocycles. The third-order valence-corrected chi connectivity index (χ3v) is 6.23. The summed E-state index contributed by atoms with van der Waals surface area (Å²) in [6.45, 7) is 0. The molecule has 0 spiro atoms. The van der Waals surface area contributed by atoms with Gasteiger partial charge in [-0.1, -0.05) is 29.8 Å². The zero-order valence-corrected chi connectivity index (χ0v) is 15.6. The molecule has 0 saturated heterocycles. The van der Waals surface area contributed by atoms with Crippen LogP contribution in [-0.4, -0.2) is 26.5 Å². The van der Waals surface area contributed by atoms with Crippen LogP contribution in [0, 0.1) is 0 Å². The fourth-order valence-corrected chi connectivity index (χ4v) is 4.54. The summed E-state index contributed by atoms with van der Waals surface area (Å²) in [4.78, 5) is 15.1. The van der Waals surface area contributed by atoms with Crippen LogP contribution in [0.2, 0.25) is 5.02 Å². The highest BCUT2D eigenvalue weighted by atomic mass is 35.5. The highest BCUT2D eigenvalue weighted by Gasteiger charge is 2.36. The average molecular weight is 422 g/mol. The predicted octanol–water partition coefficient (Wildman–Crippen LogP) is 4.22. The molecule has 10 heteroatoms. The van der Waals surface area contributed by atoms with Gasteiger partial charge in [0.05, 0.1) is 28.3 Å². The van der Waals surface area contributed by atoms with Crippen LogP contribution >= 0.6 is 11.6 Å². The predicted molar refractivity (Wildman–Crippen MR) is 91.9 cm³/mol. The van der Waals surface area contributed by atoms with Crippen LogP contribution in [0.15, 0.2) is 47.5 Å². The maximum Gasteiger partial charge on any atom is 0.417 e. The quantitative estimate of drug-likeness (QED) is 0.653. The largest absolute Gasteiger partial charge is 0.469 e. The second-order valence-electron chi connectivity index (χ2n) is 5.55. The highest BCUT2D eigenvalue weighted by molar-refractivity contribution is 7.91. The van der Waals surface area contributed by atoms with E-state index < -0.39 is 37.8 Å². The lowest BCUT2D eigenvalue weighted by Gasteiger charge is -2.19. The van der Waals surface area contributed by atoms with Crippen molar-refractivity contribution in [3.8, 4) is 0 Å². The maximum absolute atomic E-state index is 13.0. The summed E-state index contributed by atoms with van der Waals surface area (Å²) in [5, 5.41) is -1.85. The van der Waals surface area contributed by atoms with E-state index >= 15 is 0 Å². The average Bonchev–Trinajstić information content (AvgIpc) is 2.62. The molecule has 1 aromatic heterocycles. The van der Waals surface area contributed by atoms with Crippen LogP contribution < -0.4 is 0 Å². The fraction of sp³-hybridized carbons (Fsp3) is 0.294. The lowest BCUT2D eigenvalue weighted by molar-refractivity contribution is -0.140. The third-order valence-electron chi connectivity index (χ3n) is 3.79. The van der Waals surface area contributed by atoms with Gasteiger partial charge in [0.15, 0.2) is 9.84 Å². The number of halogens is 4. The van der Waals surface area contributed by atoms with Crippen molar-refractivity contribution in [1.82, 2.24) is 4.98 Å². The van der Waals surface area contributed by atoms with E-state index in [1.807, 2.05) is 0 Å². The summed E-state index contributed by atoms with van der Waals surface area (Å²) in [5.41, 5.74) is -1.35. The number of carbonyl (C=O) groups excluding carboxylic acids is 1. The Morgan fingerprint density at radius 3 is 2.41 bits per heavy atom. The van der Waals surface area contributed by atoms with Crippen LogP contribution in [0.25, 0.3) is 0 Å². The van der Waals surface area contributed by atoms with Gasteiger partial charge in [0.2, 0.25) is 0 Å². The van der Waals surface area contributed by atoms with Crippen molar-refractivity contribution >= 4 is 27.4 Å². The summed E-state index contributed by atoms with van der Waals surface area (Å²) < 4.78 is 69.0. The van der Waals surface area contributed by atoms with Crippen molar-refractivity contribution in [2.45, 2.75) is 29.2 Å². The molecule has 0 fully saturated rings. The SMILES string of the molecule is COC(=O)CC[C@H](c1ncc(C(F)(F)F)cc1Cl)S(=O)(=O)c1ccccc1. The normalized spacial score (nSPS) is 13.2. The van der Waals surface area contributed by atoms with Crippen molar-refractivity contribution in [2.24, 2.45) is 0 Å². The van der Waals surface area contributed by atoms with Gasteiger partial charge in [-0.3, -0.25) is 9.78 Å². The molecule has 0 aliphatic heterocycles. The highest BCUT2D eigenvalue weighted by Crippen LogP contribution is 2.38. The van der Waals surface area contributed by atoms with Gasteiger partial charge in [0.25, 0.3) is 0 Å². The topological polar surface area (TPSA) is 73.3 Å². The number of esters is 1. The zero-order valence-electron chi connectivity index (χ0n) is 14.0. The minimum absolute atomic E-state index is 0.0577. The molecular formula is C17H15ClF3NO4S. The van der Waals surface area contributed by atoms with E-state index in [0.29, 0.717) is 12.3 Å². The number of hydrogen-bond acceptors (Lipinski definition) is 5. The number of alkyl halides is 3. The van der Waals surface area contributed by atoms with Gasteiger partial charge < -0.3 is 4.74 Å². The van der Waals surface area contributed by atoms with Crippen molar-refractivity contribution in [3.05, 3.63) is 58.9 Å². The molecule has 0 N–H and O–H groups in total. The van der Waals surface area contributed by atoms with E-state index in [0.717, 1.165) is 7.11 Å². The smallest absolute Gasteiger partial charge is 0.417 e. The van der Waals surface area contributed by atoms with Gasteiger partial charge in [0, 0.05) is 12.6 Å². The first-order chi connectivity index (χ1) is 12.6. The van der Waals surface area contributed by atoms with Gasteiger partial charge in [-0.05, 0) is 24.6 Å². The third kappa shape index (κ3) is 4.98. The standard InChI is InChI=1S/C17H15ClF3NO4S/c1-26-15(23)8-7-14(27(24,25)12-5-3-2-4-6-12)16-13(18)9-11(10-22-16)17(19,20)21/h2-6,9-10,14H,7-8H2,1H3/t14-/m1/s1. The summed E-state index contributed by atoms with van der Waals surface area (Å²) in [6, 6.07) is 7.94. The Labute approximate surface area is 159 Å². The number of pyridine rings is 1. The van der Waals surface area contributed by atoms with Gasteiger partial charge in [-0.25, -0.2) is 8.42 Å². The minimum atomic E-state index is -4.67. The van der Waals surface area contributed by atoms with Crippen LogP contribution in [0.3, 0.4) is 0 Å². The van der Waals surface area contributed by atoms with Crippen LogP contribution in [0.4, 0.5) is 13.2 Å². The fourth-order valence-electron chi connectivity index (χ4n) is 2.40. The zero-order chi connectivity index (χ0) is 20.2. The number of methoxy groups -OCH3 is 1. The second kappa shape index (κ2) is 8.26. The Balaban J connectivity index is 2.52. The second-order valence-corrected chi connectivity index (χ2v) is 8.09. The number of aromatic nitrogens is 1. The van der Waals surface area contributed by atoms with Gasteiger partial charge in [-0.15, -0.1) is 0 Å². The monoisotopic (exact) mass is 421 g/mol. The Morgan fingerprint density at radius 1 is 1.26 bits per heavy atom. The number of benzene rings is 1. The van der Waals surface area contributed by atoms with Crippen LogP contribution in [0.1, 0.15) is 29.3 Å². The van der Waals surface area contributed by atoms with E-state index in [2.05, 4.69) is 9.72 Å². The number of ether oxygens (including phenoxy) is 1. The number of carbonyl (C=O) groups is 1. The Hall–Kier alpha value is -2.13. The molecule has 0 saturated carbocycles. The molecule has 1 atom stereocenters. The molecule has 0 amide bonds. The van der Waals surface area contributed by atoms with Gasteiger partial charge in [0.1, 0.15) is 5.25 Å². The first kappa shape index (κ1) is 21.2. The molecule has 1 heterocycles. The number of nitrogens with zero attached hydrogens (tertiary/aromatic N) is 1. The Kier molecular flexibility index (Phi) is 6.48. The molecule has 0 aliphatic rings. The van der Waals surface area contributed by atoms with Crippen LogP contribution in [-0.2, 0) is 25.5 Å². The van der Waals surface area contributed by atoms with E-state index in [1.54, 1.807) is 6.07 Å². The van der Waals surface area contributed by atoms with E-state index in [9.17, 15) is 26.4 Å². The van der Waals surface area contributed by atoms with Gasteiger partial charge >= 0.3 is 12.1 Å². The molecular weight excluding hydrogens is 407 g/mol. The van der Waals surface area contributed by atoms with Crippen molar-refractivity contribution in [2.75, 3.05) is 7.11 Å². The van der Waals surface area contributed by atoms with Crippen molar-refractivity contribution < 1.29 is 31.1 Å². The molecule has 146 valence electrons. The van der Waals surface area contributed by atoms with Crippen molar-refractivity contribution in [1.29, 1.82) is 0 Å². The van der Waals surface area contributed by atoms with E-state index in [1.165, 1.54) is 24.3 Å². The molecule has 0 unspecified atom stereocenters. The van der Waals surface area contributed by atoms with Gasteiger partial charge in [-0.2, -0.15) is 13.2 Å². The summed E-state index contributed by atoms with van der Waals surface area (Å²) >= 11 is 5.93. The lowest BCUT2D eigenvalue weighted by Crippen LogP contribution is -2.18. The molecule has 2 rings (SSSR count). The molecule has 5 nitrogen and oxygen atoms in total. The van der Waals surface area contributed by atoms with Crippen LogP contribution in [0.5, 0.6) is 0 Å². The first-order valence-corrected chi connectivity index (χ1v) is 9.58. The van der Waals surface area contributed by atoms with E-state index in [-0.39, 0.29) is 23.4 Å². The molecule has 0 bridgehead atoms. The maximum atomic E-state index is 13.0. The lowest BCUT2D eigenvalue weighted by atomic mass is 10.1. The molecule has 27 heavy (non-hydrogen) atoms. The number of hydrogen-bond donors (Lipinski definition) is 0.